The first-order chi connectivity index (χ1) is 14.1. The molecule has 0 bridgehead atoms. The van der Waals surface area contributed by atoms with Gasteiger partial charge in [0.25, 0.3) is 11.8 Å². The summed E-state index contributed by atoms with van der Waals surface area (Å²) < 4.78 is 0. The van der Waals surface area contributed by atoms with Gasteiger partial charge in [0.2, 0.25) is 5.91 Å². The van der Waals surface area contributed by atoms with Crippen molar-refractivity contribution >= 4 is 23.4 Å². The van der Waals surface area contributed by atoms with Crippen molar-refractivity contribution in [2.24, 2.45) is 0 Å². The summed E-state index contributed by atoms with van der Waals surface area (Å²) in [6.07, 6.45) is 3.62. The zero-order chi connectivity index (χ0) is 20.2. The van der Waals surface area contributed by atoms with Crippen molar-refractivity contribution in [2.45, 2.75) is 32.2 Å². The van der Waals surface area contributed by atoms with Crippen LogP contribution in [0.5, 0.6) is 0 Å². The highest BCUT2D eigenvalue weighted by Gasteiger charge is 2.22. The Labute approximate surface area is 170 Å². The molecule has 2 aromatic rings. The first-order valence-corrected chi connectivity index (χ1v) is 10.2. The molecule has 6 nitrogen and oxygen atoms in total. The van der Waals surface area contributed by atoms with E-state index in [9.17, 15) is 14.4 Å². The molecule has 2 saturated heterocycles. The van der Waals surface area contributed by atoms with E-state index >= 15 is 0 Å². The van der Waals surface area contributed by atoms with Gasteiger partial charge in [0, 0.05) is 49.4 Å². The number of carbonyl (C=O) groups is 3. The average molecular weight is 391 g/mol. The highest BCUT2D eigenvalue weighted by atomic mass is 16.2. The summed E-state index contributed by atoms with van der Waals surface area (Å²) >= 11 is 0. The second-order valence-electron chi connectivity index (χ2n) is 7.57. The number of hydrogen-bond donors (Lipinski definition) is 1. The fraction of sp³-hybridized carbons (Fsp3) is 0.348. The van der Waals surface area contributed by atoms with Crippen molar-refractivity contribution in [1.29, 1.82) is 0 Å². The zero-order valence-electron chi connectivity index (χ0n) is 16.4. The number of carbonyl (C=O) groups excluding carboxylic acids is 3. The second-order valence-corrected chi connectivity index (χ2v) is 7.57. The van der Waals surface area contributed by atoms with Gasteiger partial charge in [-0.2, -0.15) is 0 Å². The van der Waals surface area contributed by atoms with Gasteiger partial charge in [0.05, 0.1) is 0 Å². The second kappa shape index (κ2) is 8.47. The molecule has 0 unspecified atom stereocenters. The molecule has 2 heterocycles. The van der Waals surface area contributed by atoms with Crippen LogP contribution in [0.3, 0.4) is 0 Å². The van der Waals surface area contributed by atoms with E-state index < -0.39 is 0 Å². The van der Waals surface area contributed by atoms with Crippen molar-refractivity contribution in [3.05, 3.63) is 65.2 Å². The first kappa shape index (κ1) is 19.2. The van der Waals surface area contributed by atoms with Crippen LogP contribution in [-0.4, -0.2) is 42.3 Å². The molecule has 6 heteroatoms. The molecule has 3 amide bonds. The fourth-order valence-electron chi connectivity index (χ4n) is 3.87. The van der Waals surface area contributed by atoms with Crippen LogP contribution in [0, 0.1) is 0 Å². The van der Waals surface area contributed by atoms with Crippen molar-refractivity contribution in [3.8, 4) is 0 Å². The van der Waals surface area contributed by atoms with Gasteiger partial charge < -0.3 is 15.1 Å². The van der Waals surface area contributed by atoms with Crippen LogP contribution < -0.4 is 10.2 Å². The molecule has 2 aliphatic rings. The summed E-state index contributed by atoms with van der Waals surface area (Å²) in [5.41, 5.74) is 3.02. The molecule has 0 saturated carbocycles. The smallest absolute Gasteiger partial charge is 0.253 e. The van der Waals surface area contributed by atoms with Crippen LogP contribution in [0.2, 0.25) is 0 Å². The Morgan fingerprint density at radius 1 is 0.828 bits per heavy atom. The van der Waals surface area contributed by atoms with Gasteiger partial charge in [-0.3, -0.25) is 14.4 Å². The van der Waals surface area contributed by atoms with Crippen LogP contribution in [-0.2, 0) is 11.3 Å². The maximum absolute atomic E-state index is 12.4. The van der Waals surface area contributed by atoms with Crippen molar-refractivity contribution < 1.29 is 14.4 Å². The van der Waals surface area contributed by atoms with E-state index in [0.717, 1.165) is 50.1 Å². The maximum atomic E-state index is 12.4. The molecule has 2 aromatic carbocycles. The molecule has 0 atom stereocenters. The minimum Gasteiger partial charge on any atom is -0.348 e. The highest BCUT2D eigenvalue weighted by Crippen LogP contribution is 2.21. The predicted octanol–water partition coefficient (Wildman–Crippen LogP) is 2.98. The van der Waals surface area contributed by atoms with Gasteiger partial charge in [0.15, 0.2) is 0 Å². The molecule has 0 aromatic heterocycles. The van der Waals surface area contributed by atoms with Gasteiger partial charge in [-0.15, -0.1) is 0 Å². The van der Waals surface area contributed by atoms with Gasteiger partial charge in [-0.05, 0) is 61.2 Å². The van der Waals surface area contributed by atoms with Gasteiger partial charge in [0.1, 0.15) is 0 Å². The van der Waals surface area contributed by atoms with Crippen LogP contribution in [0.1, 0.15) is 52.0 Å². The van der Waals surface area contributed by atoms with E-state index in [1.165, 1.54) is 0 Å². The molecule has 2 aliphatic heterocycles. The molecule has 4 rings (SSSR count). The highest BCUT2D eigenvalue weighted by molar-refractivity contribution is 5.97. The molecule has 0 aliphatic carbocycles. The van der Waals surface area contributed by atoms with Crippen molar-refractivity contribution in [2.75, 3.05) is 24.5 Å². The molecular weight excluding hydrogens is 366 g/mol. The summed E-state index contributed by atoms with van der Waals surface area (Å²) in [6, 6.07) is 14.5. The summed E-state index contributed by atoms with van der Waals surface area (Å²) in [5, 5.41) is 2.90. The standard InChI is InChI=1S/C23H25N3O3/c27-21-4-3-15-26(21)20-11-9-18(10-12-20)22(28)24-16-17-5-7-19(8-6-17)23(29)25-13-1-2-14-25/h5-12H,1-4,13-16H2,(H,24,28). The SMILES string of the molecule is O=C(NCc1ccc(C(=O)N2CCCC2)cc1)c1ccc(N2CCCC2=O)cc1. The molecule has 0 radical (unpaired) electrons. The quantitative estimate of drug-likeness (QED) is 0.852. The lowest BCUT2D eigenvalue weighted by molar-refractivity contribution is -0.117. The number of anilines is 1. The van der Waals surface area contributed by atoms with E-state index in [1.54, 1.807) is 17.0 Å². The molecule has 29 heavy (non-hydrogen) atoms. The Kier molecular flexibility index (Phi) is 5.60. The minimum atomic E-state index is -0.165. The van der Waals surface area contributed by atoms with E-state index in [2.05, 4.69) is 5.32 Å². The lowest BCUT2D eigenvalue weighted by Crippen LogP contribution is -2.27. The lowest BCUT2D eigenvalue weighted by atomic mass is 10.1. The summed E-state index contributed by atoms with van der Waals surface area (Å²) in [7, 11) is 0. The van der Waals surface area contributed by atoms with Gasteiger partial charge >= 0.3 is 0 Å². The number of hydrogen-bond acceptors (Lipinski definition) is 3. The minimum absolute atomic E-state index is 0.0784. The van der Waals surface area contributed by atoms with Crippen LogP contribution in [0.4, 0.5) is 5.69 Å². The number of likely N-dealkylation sites (tertiary alicyclic amines) is 1. The van der Waals surface area contributed by atoms with Crippen molar-refractivity contribution in [3.63, 3.8) is 0 Å². The number of amides is 3. The molecular formula is C23H25N3O3. The molecule has 0 spiro atoms. The fourth-order valence-corrected chi connectivity index (χ4v) is 3.87. The average Bonchev–Trinajstić information content (AvgIpc) is 3.44. The zero-order valence-corrected chi connectivity index (χ0v) is 16.4. The topological polar surface area (TPSA) is 69.7 Å². The molecule has 150 valence electrons. The Morgan fingerprint density at radius 2 is 1.48 bits per heavy atom. The number of nitrogens with zero attached hydrogens (tertiary/aromatic N) is 2. The van der Waals surface area contributed by atoms with E-state index in [0.29, 0.717) is 24.1 Å². The maximum Gasteiger partial charge on any atom is 0.253 e. The number of rotatable bonds is 5. The first-order valence-electron chi connectivity index (χ1n) is 10.2. The Balaban J connectivity index is 1.32. The summed E-state index contributed by atoms with van der Waals surface area (Å²) in [6.45, 7) is 2.80. The Morgan fingerprint density at radius 3 is 2.10 bits per heavy atom. The van der Waals surface area contributed by atoms with Crippen LogP contribution >= 0.6 is 0 Å². The van der Waals surface area contributed by atoms with Crippen LogP contribution in [0.25, 0.3) is 0 Å². The van der Waals surface area contributed by atoms with E-state index in [1.807, 2.05) is 41.3 Å². The molecule has 2 fully saturated rings. The predicted molar refractivity (Wildman–Crippen MR) is 111 cm³/mol. The summed E-state index contributed by atoms with van der Waals surface area (Å²) in [5.74, 6) is 0.0463. The van der Waals surface area contributed by atoms with E-state index in [-0.39, 0.29) is 17.7 Å². The van der Waals surface area contributed by atoms with Gasteiger partial charge in [-0.1, -0.05) is 12.1 Å². The largest absolute Gasteiger partial charge is 0.348 e. The Bertz CT molecular complexity index is 900. The third-order valence-electron chi connectivity index (χ3n) is 5.56. The van der Waals surface area contributed by atoms with E-state index in [4.69, 9.17) is 0 Å². The molecule has 1 N–H and O–H groups in total. The Hall–Kier alpha value is -3.15. The number of nitrogens with one attached hydrogen (secondary N) is 1. The van der Waals surface area contributed by atoms with Crippen LogP contribution in [0.15, 0.2) is 48.5 Å². The monoisotopic (exact) mass is 391 g/mol. The van der Waals surface area contributed by atoms with Gasteiger partial charge in [-0.25, -0.2) is 0 Å². The summed E-state index contributed by atoms with van der Waals surface area (Å²) in [4.78, 5) is 40.3. The van der Waals surface area contributed by atoms with Crippen molar-refractivity contribution in [1.82, 2.24) is 10.2 Å². The number of benzene rings is 2. The third-order valence-corrected chi connectivity index (χ3v) is 5.56. The normalized spacial score (nSPS) is 16.3. The lowest BCUT2D eigenvalue weighted by Gasteiger charge is -2.16. The third kappa shape index (κ3) is 4.31.